The highest BCUT2D eigenvalue weighted by Crippen LogP contribution is 2.47. The second-order valence-corrected chi connectivity index (χ2v) is 14.3. The lowest BCUT2D eigenvalue weighted by Crippen LogP contribution is -2.03. The summed E-state index contributed by atoms with van der Waals surface area (Å²) >= 11 is 1.84. The van der Waals surface area contributed by atoms with Gasteiger partial charge < -0.3 is 4.42 Å². The van der Waals surface area contributed by atoms with Crippen LogP contribution < -0.4 is 0 Å². The number of furan rings is 1. The zero-order chi connectivity index (χ0) is 33.2. The molecule has 0 aliphatic heterocycles. The van der Waals surface area contributed by atoms with E-state index in [0.717, 1.165) is 65.9 Å². The average molecular weight is 668 g/mol. The molecule has 0 bridgehead atoms. The van der Waals surface area contributed by atoms with Gasteiger partial charge in [0.1, 0.15) is 11.1 Å². The summed E-state index contributed by atoms with van der Waals surface area (Å²) in [7, 11) is 0. The molecule has 0 aliphatic rings. The molecule has 0 fully saturated rings. The van der Waals surface area contributed by atoms with Gasteiger partial charge in [0.15, 0.2) is 5.58 Å². The Morgan fingerprint density at radius 3 is 2.02 bits per heavy atom. The van der Waals surface area contributed by atoms with Crippen LogP contribution in [0.3, 0.4) is 0 Å². The summed E-state index contributed by atoms with van der Waals surface area (Å²) in [6.07, 6.45) is 0. The van der Waals surface area contributed by atoms with E-state index in [0.29, 0.717) is 5.95 Å². The first-order valence-electron chi connectivity index (χ1n) is 17.2. The number of aromatic nitrogens is 3. The van der Waals surface area contributed by atoms with Gasteiger partial charge in [-0.2, -0.15) is 0 Å². The van der Waals surface area contributed by atoms with E-state index in [9.17, 15) is 0 Å². The van der Waals surface area contributed by atoms with Crippen LogP contribution in [-0.2, 0) is 0 Å². The van der Waals surface area contributed by atoms with Crippen molar-refractivity contribution in [2.45, 2.75) is 0 Å². The van der Waals surface area contributed by atoms with Gasteiger partial charge in [0, 0.05) is 52.7 Å². The van der Waals surface area contributed by atoms with E-state index < -0.39 is 0 Å². The molecule has 0 radical (unpaired) electrons. The summed E-state index contributed by atoms with van der Waals surface area (Å²) in [6.45, 7) is 0. The zero-order valence-corrected chi connectivity index (χ0v) is 27.9. The number of fused-ring (bicyclic) bond motifs is 16. The number of benzene rings is 8. The Morgan fingerprint density at radius 2 is 1.16 bits per heavy atom. The van der Waals surface area contributed by atoms with E-state index in [1.807, 2.05) is 17.4 Å². The Kier molecular flexibility index (Phi) is 5.35. The molecule has 236 valence electrons. The van der Waals surface area contributed by atoms with Gasteiger partial charge in [-0.15, -0.1) is 11.3 Å². The molecule has 12 rings (SSSR count). The fraction of sp³-hybridized carbons (Fsp3) is 0. The minimum absolute atomic E-state index is 0.620. The maximum atomic E-state index is 6.83. The molecule has 0 aliphatic carbocycles. The van der Waals surface area contributed by atoms with E-state index in [4.69, 9.17) is 14.4 Å². The molecule has 0 atom stereocenters. The first kappa shape index (κ1) is 27.3. The minimum Gasteiger partial charge on any atom is -0.454 e. The molecule has 0 amide bonds. The maximum absolute atomic E-state index is 6.83. The molecule has 0 N–H and O–H groups in total. The van der Waals surface area contributed by atoms with Crippen LogP contribution in [0.2, 0.25) is 0 Å². The first-order chi connectivity index (χ1) is 25.3. The second kappa shape index (κ2) is 10.0. The highest BCUT2D eigenvalue weighted by molar-refractivity contribution is 7.26. The van der Waals surface area contributed by atoms with Crippen molar-refractivity contribution in [1.29, 1.82) is 0 Å². The van der Waals surface area contributed by atoms with Crippen LogP contribution in [0.1, 0.15) is 0 Å². The lowest BCUT2D eigenvalue weighted by molar-refractivity contribution is 0.671. The molecular weight excluding hydrogens is 643 g/mol. The van der Waals surface area contributed by atoms with E-state index >= 15 is 0 Å². The van der Waals surface area contributed by atoms with Crippen LogP contribution >= 0.6 is 11.3 Å². The quantitative estimate of drug-likeness (QED) is 0.184. The van der Waals surface area contributed by atoms with E-state index in [1.54, 1.807) is 0 Å². The number of hydrogen-bond acceptors (Lipinski definition) is 4. The summed E-state index contributed by atoms with van der Waals surface area (Å²) < 4.78 is 11.6. The van der Waals surface area contributed by atoms with Crippen LogP contribution in [0.25, 0.3) is 114 Å². The molecule has 0 unspecified atom stereocenters. The van der Waals surface area contributed by atoms with Crippen molar-refractivity contribution < 1.29 is 4.42 Å². The van der Waals surface area contributed by atoms with Gasteiger partial charge in [-0.05, 0) is 51.9 Å². The molecule has 4 heterocycles. The van der Waals surface area contributed by atoms with Crippen LogP contribution in [-0.4, -0.2) is 14.5 Å². The Hall–Kier alpha value is -6.56. The van der Waals surface area contributed by atoms with Crippen molar-refractivity contribution in [2.24, 2.45) is 0 Å². The van der Waals surface area contributed by atoms with E-state index in [1.165, 1.54) is 41.7 Å². The van der Waals surface area contributed by atoms with Gasteiger partial charge in [-0.1, -0.05) is 121 Å². The molecule has 5 heteroatoms. The second-order valence-electron chi connectivity index (χ2n) is 13.3. The first-order valence-corrected chi connectivity index (χ1v) is 18.0. The molecular formula is C46H25N3OS. The van der Waals surface area contributed by atoms with Crippen molar-refractivity contribution in [1.82, 2.24) is 14.5 Å². The third kappa shape index (κ3) is 3.63. The Morgan fingerprint density at radius 1 is 0.510 bits per heavy atom. The number of para-hydroxylation sites is 3. The number of hydrogen-bond donors (Lipinski definition) is 0. The summed E-state index contributed by atoms with van der Waals surface area (Å²) in [5.74, 6) is 0.620. The number of thiophene rings is 1. The minimum atomic E-state index is 0.620. The van der Waals surface area contributed by atoms with Crippen LogP contribution in [0, 0.1) is 0 Å². The number of rotatable bonds is 2. The summed E-state index contributed by atoms with van der Waals surface area (Å²) in [5, 5.41) is 12.9. The highest BCUT2D eigenvalue weighted by atomic mass is 32.1. The predicted molar refractivity (Wildman–Crippen MR) is 214 cm³/mol. The monoisotopic (exact) mass is 667 g/mol. The Bertz CT molecular complexity index is 3440. The van der Waals surface area contributed by atoms with Crippen molar-refractivity contribution in [2.75, 3.05) is 0 Å². The average Bonchev–Trinajstić information content (AvgIpc) is 3.88. The standard InChI is InChI=1S/C46H25N3OS/c1-2-14-27-26(13-1)25-34(45-41(27)33-20-8-12-24-38(33)51-45)42-30-17-5-9-21-35(30)47-46(48-42)49-36-22-10-6-18-31(36)39-28-15-3-4-16-29(28)40-32-19-7-11-23-37(32)50-44(40)43(39)49/h1-25H. The lowest BCUT2D eigenvalue weighted by atomic mass is 9.97. The molecule has 4 aromatic heterocycles. The van der Waals surface area contributed by atoms with Crippen molar-refractivity contribution in [3.05, 3.63) is 152 Å². The fourth-order valence-electron chi connectivity index (χ4n) is 8.45. The fourth-order valence-corrected chi connectivity index (χ4v) is 9.69. The maximum Gasteiger partial charge on any atom is 0.235 e. The molecule has 0 saturated heterocycles. The van der Waals surface area contributed by atoms with Crippen LogP contribution in [0.15, 0.2) is 156 Å². The summed E-state index contributed by atoms with van der Waals surface area (Å²) in [6, 6.07) is 53.8. The van der Waals surface area contributed by atoms with Crippen molar-refractivity contribution >= 4 is 108 Å². The summed E-state index contributed by atoms with van der Waals surface area (Å²) in [5.41, 5.74) is 6.66. The third-order valence-electron chi connectivity index (χ3n) is 10.6. The SMILES string of the molecule is c1ccc2c(c1)cc(-c1nc(-n3c4ccccc4c4c5ccccc5c5c6ccccc6oc5c43)nc3ccccc13)c1sc3ccccc3c12. The van der Waals surface area contributed by atoms with Crippen molar-refractivity contribution in [3.63, 3.8) is 0 Å². The molecule has 4 nitrogen and oxygen atoms in total. The topological polar surface area (TPSA) is 43.9 Å². The Labute approximate surface area is 294 Å². The van der Waals surface area contributed by atoms with Gasteiger partial charge in [0.05, 0.1) is 16.7 Å². The van der Waals surface area contributed by atoms with Crippen LogP contribution in [0.5, 0.6) is 0 Å². The molecule has 51 heavy (non-hydrogen) atoms. The van der Waals surface area contributed by atoms with E-state index in [2.05, 4.69) is 150 Å². The normalized spacial score (nSPS) is 12.3. The Balaban J connectivity index is 1.28. The third-order valence-corrected chi connectivity index (χ3v) is 11.8. The molecule has 12 aromatic rings. The van der Waals surface area contributed by atoms with Crippen molar-refractivity contribution in [3.8, 4) is 17.2 Å². The van der Waals surface area contributed by atoms with Gasteiger partial charge in [-0.3, -0.25) is 4.57 Å². The summed E-state index contributed by atoms with van der Waals surface area (Å²) in [4.78, 5) is 10.9. The van der Waals surface area contributed by atoms with Gasteiger partial charge >= 0.3 is 0 Å². The molecule has 0 saturated carbocycles. The molecule has 0 spiro atoms. The predicted octanol–water partition coefficient (Wildman–Crippen LogP) is 13.0. The van der Waals surface area contributed by atoms with E-state index in [-0.39, 0.29) is 0 Å². The smallest absolute Gasteiger partial charge is 0.235 e. The molecule has 8 aromatic carbocycles. The van der Waals surface area contributed by atoms with Gasteiger partial charge in [0.25, 0.3) is 0 Å². The zero-order valence-electron chi connectivity index (χ0n) is 27.1. The van der Waals surface area contributed by atoms with Gasteiger partial charge in [0.2, 0.25) is 5.95 Å². The lowest BCUT2D eigenvalue weighted by Gasteiger charge is -2.14. The van der Waals surface area contributed by atoms with Gasteiger partial charge in [-0.25, -0.2) is 9.97 Å². The highest BCUT2D eigenvalue weighted by Gasteiger charge is 2.25. The largest absolute Gasteiger partial charge is 0.454 e. The number of nitrogens with zero attached hydrogens (tertiary/aromatic N) is 3. The van der Waals surface area contributed by atoms with Crippen LogP contribution in [0.4, 0.5) is 0 Å².